The Labute approximate surface area is 173 Å². The SMILES string of the molecule is CC(C)(C)OC(=O)N1CCN(c2ncnc3nc(Cl)c(Cl)cc23)C[C@@H]1CC#N. The molecular weight excluding hydrogens is 403 g/mol. The molecule has 28 heavy (non-hydrogen) atoms. The summed E-state index contributed by atoms with van der Waals surface area (Å²) >= 11 is 12.1. The number of carbonyl (C=O) groups is 1. The molecule has 1 aliphatic rings. The van der Waals surface area contributed by atoms with Crippen LogP contribution in [0.1, 0.15) is 27.2 Å². The summed E-state index contributed by atoms with van der Waals surface area (Å²) in [5, 5.41) is 10.4. The van der Waals surface area contributed by atoms with Crippen molar-refractivity contribution in [2.45, 2.75) is 38.8 Å². The van der Waals surface area contributed by atoms with Crippen molar-refractivity contribution in [2.24, 2.45) is 0 Å². The van der Waals surface area contributed by atoms with Gasteiger partial charge >= 0.3 is 6.09 Å². The highest BCUT2D eigenvalue weighted by molar-refractivity contribution is 6.41. The molecule has 10 heteroatoms. The normalized spacial score (nSPS) is 17.5. The molecule has 2 aromatic heterocycles. The van der Waals surface area contributed by atoms with Crippen LogP contribution < -0.4 is 4.90 Å². The zero-order chi connectivity index (χ0) is 20.5. The van der Waals surface area contributed by atoms with E-state index in [1.165, 1.54) is 6.33 Å². The van der Waals surface area contributed by atoms with Gasteiger partial charge in [-0.2, -0.15) is 5.26 Å². The van der Waals surface area contributed by atoms with E-state index >= 15 is 0 Å². The lowest BCUT2D eigenvalue weighted by molar-refractivity contribution is 0.0145. The summed E-state index contributed by atoms with van der Waals surface area (Å²) in [7, 11) is 0. The van der Waals surface area contributed by atoms with Gasteiger partial charge in [0.1, 0.15) is 22.9 Å². The molecule has 0 saturated carbocycles. The molecule has 148 valence electrons. The van der Waals surface area contributed by atoms with Crippen LogP contribution in [0.15, 0.2) is 12.4 Å². The number of aromatic nitrogens is 3. The van der Waals surface area contributed by atoms with Crippen molar-refractivity contribution in [3.8, 4) is 6.07 Å². The number of ether oxygens (including phenoxy) is 1. The van der Waals surface area contributed by atoms with Gasteiger partial charge in [-0.25, -0.2) is 19.7 Å². The summed E-state index contributed by atoms with van der Waals surface area (Å²) in [6.45, 7) is 6.80. The lowest BCUT2D eigenvalue weighted by atomic mass is 10.1. The van der Waals surface area contributed by atoms with Crippen molar-refractivity contribution >= 4 is 46.1 Å². The van der Waals surface area contributed by atoms with Crippen molar-refractivity contribution in [1.82, 2.24) is 19.9 Å². The summed E-state index contributed by atoms with van der Waals surface area (Å²) in [5.74, 6) is 0.642. The highest BCUT2D eigenvalue weighted by atomic mass is 35.5. The quantitative estimate of drug-likeness (QED) is 0.680. The third kappa shape index (κ3) is 4.37. The first-order valence-electron chi connectivity index (χ1n) is 8.78. The lowest BCUT2D eigenvalue weighted by Gasteiger charge is -2.41. The number of halogens is 2. The van der Waals surface area contributed by atoms with Crippen LogP contribution in [0.25, 0.3) is 11.0 Å². The maximum Gasteiger partial charge on any atom is 0.410 e. The Morgan fingerprint density at radius 1 is 1.36 bits per heavy atom. The average Bonchev–Trinajstić information content (AvgIpc) is 2.61. The van der Waals surface area contributed by atoms with Crippen LogP contribution in [-0.2, 0) is 4.74 Å². The Hall–Kier alpha value is -2.37. The Balaban J connectivity index is 1.88. The number of rotatable bonds is 2. The Kier molecular flexibility index (Phi) is 5.77. The minimum Gasteiger partial charge on any atom is -0.444 e. The number of amides is 1. The number of nitriles is 1. The van der Waals surface area contributed by atoms with Crippen molar-refractivity contribution in [1.29, 1.82) is 5.26 Å². The van der Waals surface area contributed by atoms with Crippen molar-refractivity contribution in [3.63, 3.8) is 0 Å². The summed E-state index contributed by atoms with van der Waals surface area (Å²) < 4.78 is 5.49. The van der Waals surface area contributed by atoms with E-state index in [1.807, 2.05) is 25.7 Å². The molecule has 0 spiro atoms. The number of fused-ring (bicyclic) bond motifs is 1. The van der Waals surface area contributed by atoms with Gasteiger partial charge in [-0.3, -0.25) is 0 Å². The second kappa shape index (κ2) is 7.94. The smallest absolute Gasteiger partial charge is 0.410 e. The number of anilines is 1. The van der Waals surface area contributed by atoms with Gasteiger partial charge in [0.25, 0.3) is 0 Å². The highest BCUT2D eigenvalue weighted by Gasteiger charge is 2.34. The third-order valence-electron chi connectivity index (χ3n) is 4.25. The van der Waals surface area contributed by atoms with Crippen LogP contribution >= 0.6 is 23.2 Å². The molecule has 0 bridgehead atoms. The molecule has 1 fully saturated rings. The predicted molar refractivity (Wildman–Crippen MR) is 107 cm³/mol. The van der Waals surface area contributed by atoms with Gasteiger partial charge in [0, 0.05) is 19.6 Å². The van der Waals surface area contributed by atoms with Crippen LogP contribution in [0.2, 0.25) is 10.2 Å². The van der Waals surface area contributed by atoms with E-state index in [9.17, 15) is 10.1 Å². The van der Waals surface area contributed by atoms with Gasteiger partial charge in [-0.05, 0) is 26.8 Å². The van der Waals surface area contributed by atoms with Gasteiger partial charge < -0.3 is 14.5 Å². The molecule has 3 heterocycles. The number of carbonyl (C=O) groups excluding carboxylic acids is 1. The molecule has 1 aliphatic heterocycles. The minimum absolute atomic E-state index is 0.177. The molecule has 0 radical (unpaired) electrons. The number of hydrogen-bond acceptors (Lipinski definition) is 7. The number of pyridine rings is 1. The van der Waals surface area contributed by atoms with E-state index in [1.54, 1.807) is 11.0 Å². The molecule has 0 unspecified atom stereocenters. The minimum atomic E-state index is -0.601. The fraction of sp³-hybridized carbons (Fsp3) is 0.500. The number of piperazine rings is 1. The Bertz CT molecular complexity index is 940. The van der Waals surface area contributed by atoms with E-state index in [2.05, 4.69) is 21.0 Å². The second-order valence-electron chi connectivity index (χ2n) is 7.47. The van der Waals surface area contributed by atoms with Crippen LogP contribution in [-0.4, -0.2) is 57.2 Å². The first-order chi connectivity index (χ1) is 13.2. The van der Waals surface area contributed by atoms with Crippen molar-refractivity contribution in [2.75, 3.05) is 24.5 Å². The van der Waals surface area contributed by atoms with Gasteiger partial charge in [-0.1, -0.05) is 23.2 Å². The summed E-state index contributed by atoms with van der Waals surface area (Å²) in [4.78, 5) is 28.9. The molecule has 2 aromatic rings. The summed E-state index contributed by atoms with van der Waals surface area (Å²) in [6, 6.07) is 3.51. The lowest BCUT2D eigenvalue weighted by Crippen LogP contribution is -2.56. The van der Waals surface area contributed by atoms with E-state index in [4.69, 9.17) is 27.9 Å². The van der Waals surface area contributed by atoms with Gasteiger partial charge in [-0.15, -0.1) is 0 Å². The summed E-state index contributed by atoms with van der Waals surface area (Å²) in [6.07, 6.45) is 1.18. The van der Waals surface area contributed by atoms with Crippen LogP contribution in [0, 0.1) is 11.3 Å². The standard InChI is InChI=1S/C18H20Cl2N6O2/c1-18(2,3)28-17(27)26-7-6-25(9-11(26)4-5-21)16-12-8-13(19)14(20)24-15(12)22-10-23-16/h8,10-11H,4,6-7,9H2,1-3H3/t11-/m0/s1. The van der Waals surface area contributed by atoms with E-state index in [0.29, 0.717) is 41.5 Å². The fourth-order valence-corrected chi connectivity index (χ4v) is 3.35. The van der Waals surface area contributed by atoms with Crippen molar-refractivity contribution in [3.05, 3.63) is 22.6 Å². The molecular formula is C18H20Cl2N6O2. The monoisotopic (exact) mass is 422 g/mol. The number of nitrogens with zero attached hydrogens (tertiary/aromatic N) is 6. The predicted octanol–water partition coefficient (Wildman–Crippen LogP) is 3.67. The van der Waals surface area contributed by atoms with Gasteiger partial charge in [0.15, 0.2) is 5.65 Å². The topological polar surface area (TPSA) is 95.2 Å². The Morgan fingerprint density at radius 3 is 2.79 bits per heavy atom. The zero-order valence-corrected chi connectivity index (χ0v) is 17.3. The third-order valence-corrected chi connectivity index (χ3v) is 4.92. The first kappa shape index (κ1) is 20.4. The Morgan fingerprint density at radius 2 is 2.11 bits per heavy atom. The van der Waals surface area contributed by atoms with Gasteiger partial charge in [0.2, 0.25) is 0 Å². The van der Waals surface area contributed by atoms with Crippen molar-refractivity contribution < 1.29 is 9.53 Å². The molecule has 1 saturated heterocycles. The molecule has 1 amide bonds. The first-order valence-corrected chi connectivity index (χ1v) is 9.53. The zero-order valence-electron chi connectivity index (χ0n) is 15.8. The molecule has 1 atom stereocenters. The maximum atomic E-state index is 12.5. The summed E-state index contributed by atoms with van der Waals surface area (Å²) in [5.41, 5.74) is -0.165. The van der Waals surface area contributed by atoms with E-state index in [0.717, 1.165) is 0 Å². The molecule has 8 nitrogen and oxygen atoms in total. The largest absolute Gasteiger partial charge is 0.444 e. The van der Waals surface area contributed by atoms with E-state index in [-0.39, 0.29) is 17.6 Å². The second-order valence-corrected chi connectivity index (χ2v) is 8.23. The molecule has 3 rings (SSSR count). The highest BCUT2D eigenvalue weighted by Crippen LogP contribution is 2.30. The maximum absolute atomic E-state index is 12.5. The average molecular weight is 423 g/mol. The molecule has 0 N–H and O–H groups in total. The molecule has 0 aromatic carbocycles. The number of hydrogen-bond donors (Lipinski definition) is 0. The molecule has 0 aliphatic carbocycles. The van der Waals surface area contributed by atoms with Crippen LogP contribution in [0.3, 0.4) is 0 Å². The van der Waals surface area contributed by atoms with E-state index < -0.39 is 11.7 Å². The van der Waals surface area contributed by atoms with Gasteiger partial charge in [0.05, 0.1) is 28.9 Å². The fourth-order valence-electron chi connectivity index (χ4n) is 3.07. The van der Waals surface area contributed by atoms with Crippen LogP contribution in [0.5, 0.6) is 0 Å². The van der Waals surface area contributed by atoms with Crippen LogP contribution in [0.4, 0.5) is 10.6 Å².